The lowest BCUT2D eigenvalue weighted by Crippen LogP contribution is -2.36. The van der Waals surface area contributed by atoms with E-state index >= 15 is 0 Å². The number of hydrogen-bond acceptors (Lipinski definition) is 3. The molecule has 90 valence electrons. The molecule has 0 aromatic heterocycles. The topological polar surface area (TPSA) is 89.4 Å². The van der Waals surface area contributed by atoms with Gasteiger partial charge in [-0.15, -0.1) is 0 Å². The van der Waals surface area contributed by atoms with Crippen molar-refractivity contribution >= 4 is 15.9 Å². The molecule has 0 bridgehead atoms. The second kappa shape index (κ2) is 5.29. The van der Waals surface area contributed by atoms with E-state index in [-0.39, 0.29) is 6.54 Å². The first-order valence-corrected chi connectivity index (χ1v) is 6.56. The summed E-state index contributed by atoms with van der Waals surface area (Å²) in [4.78, 5) is 0. The van der Waals surface area contributed by atoms with Crippen LogP contribution < -0.4 is 10.9 Å². The third kappa shape index (κ3) is 3.80. The molecule has 0 aliphatic heterocycles. The Kier molecular flexibility index (Phi) is 4.28. The van der Waals surface area contributed by atoms with E-state index in [4.69, 9.17) is 10.9 Å². The van der Waals surface area contributed by atoms with Gasteiger partial charge in [-0.25, -0.2) is 5.14 Å². The van der Waals surface area contributed by atoms with Gasteiger partial charge in [0.25, 0.3) is 10.2 Å². The predicted octanol–water partition coefficient (Wildman–Crippen LogP) is 0.684. The van der Waals surface area contributed by atoms with Gasteiger partial charge in [0.15, 0.2) is 0 Å². The van der Waals surface area contributed by atoms with E-state index < -0.39 is 10.2 Å². The van der Waals surface area contributed by atoms with E-state index in [1.807, 2.05) is 6.92 Å². The van der Waals surface area contributed by atoms with Gasteiger partial charge in [0.05, 0.1) is 0 Å². The van der Waals surface area contributed by atoms with Gasteiger partial charge in [0.2, 0.25) is 0 Å². The summed E-state index contributed by atoms with van der Waals surface area (Å²) in [5, 5.41) is 5.12. The number of benzene rings is 1. The molecule has 0 atom stereocenters. The van der Waals surface area contributed by atoms with Gasteiger partial charge in [-0.05, 0) is 24.1 Å². The minimum atomic E-state index is -3.63. The predicted molar refractivity (Wildman–Crippen MR) is 64.7 cm³/mol. The van der Waals surface area contributed by atoms with Crippen molar-refractivity contribution in [3.8, 4) is 0 Å². The summed E-state index contributed by atoms with van der Waals surface area (Å²) in [6, 6.07) is 7.07. The molecule has 0 saturated heterocycles. The second-order valence-corrected chi connectivity index (χ2v) is 5.17. The van der Waals surface area contributed by atoms with Crippen molar-refractivity contribution < 1.29 is 8.42 Å². The third-order valence-electron chi connectivity index (χ3n) is 2.17. The van der Waals surface area contributed by atoms with Crippen LogP contribution in [-0.4, -0.2) is 19.3 Å². The van der Waals surface area contributed by atoms with Crippen LogP contribution in [0.3, 0.4) is 0 Å². The molecule has 0 aliphatic rings. The van der Waals surface area contributed by atoms with Crippen molar-refractivity contribution in [1.82, 2.24) is 4.31 Å². The van der Waals surface area contributed by atoms with Crippen molar-refractivity contribution in [2.24, 2.45) is 5.14 Å². The third-order valence-corrected chi connectivity index (χ3v) is 3.20. The van der Waals surface area contributed by atoms with Crippen molar-refractivity contribution in [2.75, 3.05) is 12.3 Å². The maximum absolute atomic E-state index is 11.3. The summed E-state index contributed by atoms with van der Waals surface area (Å²) in [6.07, 6.45) is 0.728. The molecule has 6 heteroatoms. The Bertz CT molecular complexity index is 428. The number of rotatable bonds is 5. The summed E-state index contributed by atoms with van der Waals surface area (Å²) in [7, 11) is -3.63. The first-order valence-electron chi connectivity index (χ1n) is 5.05. The fourth-order valence-corrected chi connectivity index (χ4v) is 2.14. The van der Waals surface area contributed by atoms with E-state index in [0.717, 1.165) is 12.0 Å². The fourth-order valence-electron chi connectivity index (χ4n) is 1.37. The first kappa shape index (κ1) is 13.0. The molecule has 0 aliphatic carbocycles. The van der Waals surface area contributed by atoms with Crippen LogP contribution in [0, 0.1) is 0 Å². The number of nitrogens with two attached hydrogens (primary N) is 2. The van der Waals surface area contributed by atoms with Crippen LogP contribution >= 0.6 is 0 Å². The number of nitrogen functional groups attached to an aromatic ring is 1. The Labute approximate surface area is 96.2 Å². The van der Waals surface area contributed by atoms with Crippen molar-refractivity contribution in [1.29, 1.82) is 0 Å². The van der Waals surface area contributed by atoms with Crippen LogP contribution in [-0.2, 0) is 16.8 Å². The summed E-state index contributed by atoms with van der Waals surface area (Å²) in [5.41, 5.74) is 7.07. The normalized spacial score (nSPS) is 11.9. The second-order valence-electron chi connectivity index (χ2n) is 3.62. The van der Waals surface area contributed by atoms with Gasteiger partial charge in [0.1, 0.15) is 0 Å². The van der Waals surface area contributed by atoms with E-state index in [2.05, 4.69) is 0 Å². The average Bonchev–Trinajstić information content (AvgIpc) is 2.19. The minimum absolute atomic E-state index is 0.285. The van der Waals surface area contributed by atoms with Gasteiger partial charge in [-0.2, -0.15) is 12.7 Å². The molecule has 1 aromatic carbocycles. The molecule has 0 saturated carbocycles. The molecule has 0 heterocycles. The fraction of sp³-hybridized carbons (Fsp3) is 0.400. The SMILES string of the molecule is CCCN(Cc1ccc(N)cc1)S(N)(=O)=O. The van der Waals surface area contributed by atoms with Gasteiger partial charge in [0, 0.05) is 18.8 Å². The molecule has 0 amide bonds. The molecule has 1 aromatic rings. The molecule has 1 rings (SSSR count). The highest BCUT2D eigenvalue weighted by Crippen LogP contribution is 2.10. The molecular formula is C10H17N3O2S. The van der Waals surface area contributed by atoms with Crippen LogP contribution in [0.4, 0.5) is 5.69 Å². The molecule has 16 heavy (non-hydrogen) atoms. The van der Waals surface area contributed by atoms with Crippen molar-refractivity contribution in [3.05, 3.63) is 29.8 Å². The maximum Gasteiger partial charge on any atom is 0.277 e. The van der Waals surface area contributed by atoms with Crippen molar-refractivity contribution in [2.45, 2.75) is 19.9 Å². The summed E-state index contributed by atoms with van der Waals surface area (Å²) in [5.74, 6) is 0. The highest BCUT2D eigenvalue weighted by atomic mass is 32.2. The summed E-state index contributed by atoms with van der Waals surface area (Å²) >= 11 is 0. The standard InChI is InChI=1S/C10H17N3O2S/c1-2-7-13(16(12,14)15)8-9-3-5-10(11)6-4-9/h3-6H,2,7-8,11H2,1H3,(H2,12,14,15). The highest BCUT2D eigenvalue weighted by Gasteiger charge is 2.16. The van der Waals surface area contributed by atoms with E-state index in [9.17, 15) is 8.42 Å². The quantitative estimate of drug-likeness (QED) is 0.745. The zero-order valence-electron chi connectivity index (χ0n) is 9.26. The van der Waals surface area contributed by atoms with Gasteiger partial charge in [-0.3, -0.25) is 0 Å². The Hall–Kier alpha value is -1.11. The number of hydrogen-bond donors (Lipinski definition) is 2. The molecule has 4 N–H and O–H groups in total. The number of anilines is 1. The average molecular weight is 243 g/mol. The first-order chi connectivity index (χ1) is 7.43. The van der Waals surface area contributed by atoms with Crippen LogP contribution in [0.1, 0.15) is 18.9 Å². The Morgan fingerprint density at radius 1 is 1.25 bits per heavy atom. The zero-order valence-corrected chi connectivity index (χ0v) is 10.1. The molecular weight excluding hydrogens is 226 g/mol. The minimum Gasteiger partial charge on any atom is -0.399 e. The Morgan fingerprint density at radius 2 is 1.81 bits per heavy atom. The van der Waals surface area contributed by atoms with E-state index in [1.54, 1.807) is 24.3 Å². The molecule has 0 spiro atoms. The van der Waals surface area contributed by atoms with Gasteiger partial charge in [-0.1, -0.05) is 19.1 Å². The molecule has 0 fully saturated rings. The van der Waals surface area contributed by atoms with Gasteiger partial charge < -0.3 is 5.73 Å². The van der Waals surface area contributed by atoms with Crippen LogP contribution in [0.5, 0.6) is 0 Å². The Morgan fingerprint density at radius 3 is 2.25 bits per heavy atom. The highest BCUT2D eigenvalue weighted by molar-refractivity contribution is 7.86. The maximum atomic E-state index is 11.3. The lowest BCUT2D eigenvalue weighted by Gasteiger charge is -2.18. The molecule has 0 radical (unpaired) electrons. The van der Waals surface area contributed by atoms with Gasteiger partial charge >= 0.3 is 0 Å². The van der Waals surface area contributed by atoms with E-state index in [1.165, 1.54) is 4.31 Å². The molecule has 5 nitrogen and oxygen atoms in total. The summed E-state index contributed by atoms with van der Waals surface area (Å²) < 4.78 is 23.8. The summed E-state index contributed by atoms with van der Waals surface area (Å²) in [6.45, 7) is 2.61. The largest absolute Gasteiger partial charge is 0.399 e. The van der Waals surface area contributed by atoms with Crippen LogP contribution in [0.2, 0.25) is 0 Å². The lowest BCUT2D eigenvalue weighted by atomic mass is 10.2. The zero-order chi connectivity index (χ0) is 12.2. The number of nitrogens with zero attached hydrogens (tertiary/aromatic N) is 1. The van der Waals surface area contributed by atoms with Crippen LogP contribution in [0.25, 0.3) is 0 Å². The lowest BCUT2D eigenvalue weighted by molar-refractivity contribution is 0.406. The smallest absolute Gasteiger partial charge is 0.277 e. The Balaban J connectivity index is 2.80. The van der Waals surface area contributed by atoms with Crippen molar-refractivity contribution in [3.63, 3.8) is 0 Å². The van der Waals surface area contributed by atoms with Crippen LogP contribution in [0.15, 0.2) is 24.3 Å². The van der Waals surface area contributed by atoms with E-state index in [0.29, 0.717) is 12.2 Å². The monoisotopic (exact) mass is 243 g/mol. The molecule has 0 unspecified atom stereocenters.